The van der Waals surface area contributed by atoms with Crippen molar-refractivity contribution < 1.29 is 14.7 Å². The summed E-state index contributed by atoms with van der Waals surface area (Å²) in [7, 11) is 0. The topological polar surface area (TPSA) is 81.7 Å². The van der Waals surface area contributed by atoms with Gasteiger partial charge < -0.3 is 10.4 Å². The normalized spacial score (nSPS) is 17.0. The molecule has 138 valence electrons. The molecular formula is C19H29N3O3. The second kappa shape index (κ2) is 9.42. The summed E-state index contributed by atoms with van der Waals surface area (Å²) in [4.78, 5) is 25.7. The standard InChI is InChI=1S/C19H29N3O3/c1-3-20-19(25)21-18(24)14(2)22-12-10-16(11-13-22)5-4-15-6-8-17(23)9-7-15/h6-9,14,16,23H,3-5,10-13H2,1-2H3,(H2,20,21,24,25)/t14-/m0/s1. The van der Waals surface area contributed by atoms with Crippen LogP contribution in [0.1, 0.15) is 38.7 Å². The average molecular weight is 347 g/mol. The molecule has 1 aromatic rings. The molecule has 0 unspecified atom stereocenters. The maximum absolute atomic E-state index is 12.1. The van der Waals surface area contributed by atoms with Crippen LogP contribution in [-0.4, -0.2) is 47.6 Å². The largest absolute Gasteiger partial charge is 0.508 e. The summed E-state index contributed by atoms with van der Waals surface area (Å²) in [6.07, 6.45) is 4.27. The van der Waals surface area contributed by atoms with Crippen molar-refractivity contribution in [2.24, 2.45) is 5.92 Å². The molecule has 1 aliphatic rings. The molecule has 0 saturated carbocycles. The van der Waals surface area contributed by atoms with Crippen molar-refractivity contribution in [2.75, 3.05) is 19.6 Å². The van der Waals surface area contributed by atoms with Crippen LogP contribution >= 0.6 is 0 Å². The number of carbonyl (C=O) groups is 2. The van der Waals surface area contributed by atoms with Crippen LogP contribution in [0.4, 0.5) is 4.79 Å². The van der Waals surface area contributed by atoms with Crippen molar-refractivity contribution in [2.45, 2.75) is 45.6 Å². The molecule has 1 aromatic carbocycles. The Kier molecular flexibility index (Phi) is 7.25. The van der Waals surface area contributed by atoms with Crippen LogP contribution in [0.3, 0.4) is 0 Å². The van der Waals surface area contributed by atoms with Crippen molar-refractivity contribution in [1.82, 2.24) is 15.5 Å². The number of likely N-dealkylation sites (tertiary alicyclic amines) is 1. The van der Waals surface area contributed by atoms with Gasteiger partial charge in [-0.05, 0) is 76.2 Å². The van der Waals surface area contributed by atoms with Crippen molar-refractivity contribution >= 4 is 11.9 Å². The first-order chi connectivity index (χ1) is 12.0. The molecule has 1 fully saturated rings. The molecule has 0 aliphatic carbocycles. The SMILES string of the molecule is CCNC(=O)NC(=O)[C@H](C)N1CCC(CCc2ccc(O)cc2)CC1. The highest BCUT2D eigenvalue weighted by Crippen LogP contribution is 2.24. The van der Waals surface area contributed by atoms with Crippen molar-refractivity contribution in [3.63, 3.8) is 0 Å². The zero-order valence-electron chi connectivity index (χ0n) is 15.1. The molecular weight excluding hydrogens is 318 g/mol. The van der Waals surface area contributed by atoms with E-state index in [1.807, 2.05) is 26.0 Å². The van der Waals surface area contributed by atoms with Gasteiger partial charge in [0.15, 0.2) is 0 Å². The summed E-state index contributed by atoms with van der Waals surface area (Å²) in [6.45, 7) is 5.93. The third kappa shape index (κ3) is 6.05. The number of nitrogens with zero attached hydrogens (tertiary/aromatic N) is 1. The molecule has 1 atom stereocenters. The van der Waals surface area contributed by atoms with Crippen LogP contribution < -0.4 is 10.6 Å². The molecule has 0 aromatic heterocycles. The number of carbonyl (C=O) groups excluding carboxylic acids is 2. The molecule has 6 heteroatoms. The summed E-state index contributed by atoms with van der Waals surface area (Å²) < 4.78 is 0. The quantitative estimate of drug-likeness (QED) is 0.737. The van der Waals surface area contributed by atoms with Gasteiger partial charge in [0, 0.05) is 6.54 Å². The maximum Gasteiger partial charge on any atom is 0.321 e. The van der Waals surface area contributed by atoms with Gasteiger partial charge in [-0.3, -0.25) is 15.0 Å². The first-order valence-corrected chi connectivity index (χ1v) is 9.10. The number of imide groups is 1. The summed E-state index contributed by atoms with van der Waals surface area (Å²) in [5.41, 5.74) is 1.25. The maximum atomic E-state index is 12.1. The predicted octanol–water partition coefficient (Wildman–Crippen LogP) is 2.27. The zero-order valence-corrected chi connectivity index (χ0v) is 15.1. The minimum Gasteiger partial charge on any atom is -0.508 e. The lowest BCUT2D eigenvalue weighted by Crippen LogP contribution is -2.51. The second-order valence-corrected chi connectivity index (χ2v) is 6.71. The van der Waals surface area contributed by atoms with E-state index in [9.17, 15) is 14.7 Å². The number of amides is 3. The number of phenolic OH excluding ortho intramolecular Hbond substituents is 1. The number of urea groups is 1. The highest BCUT2D eigenvalue weighted by Gasteiger charge is 2.27. The van der Waals surface area contributed by atoms with Crippen molar-refractivity contribution in [3.8, 4) is 5.75 Å². The molecule has 1 saturated heterocycles. The Morgan fingerprint density at radius 2 is 1.88 bits per heavy atom. The zero-order chi connectivity index (χ0) is 18.2. The molecule has 0 radical (unpaired) electrons. The molecule has 0 spiro atoms. The van der Waals surface area contributed by atoms with Crippen LogP contribution in [0.5, 0.6) is 5.75 Å². The van der Waals surface area contributed by atoms with Gasteiger partial charge in [-0.15, -0.1) is 0 Å². The van der Waals surface area contributed by atoms with Gasteiger partial charge >= 0.3 is 6.03 Å². The first kappa shape index (κ1) is 19.2. The minimum atomic E-state index is -0.428. The molecule has 1 aliphatic heterocycles. The Hall–Kier alpha value is -2.08. The summed E-state index contributed by atoms with van der Waals surface area (Å²) in [5, 5.41) is 14.3. The van der Waals surface area contributed by atoms with Crippen LogP contribution in [0, 0.1) is 5.92 Å². The minimum absolute atomic E-state index is 0.242. The van der Waals surface area contributed by atoms with E-state index in [0.29, 0.717) is 18.2 Å². The third-order valence-electron chi connectivity index (χ3n) is 4.93. The van der Waals surface area contributed by atoms with E-state index in [-0.39, 0.29) is 11.9 Å². The number of nitrogens with one attached hydrogen (secondary N) is 2. The summed E-state index contributed by atoms with van der Waals surface area (Å²) in [5.74, 6) is 0.717. The highest BCUT2D eigenvalue weighted by molar-refractivity contribution is 5.96. The fourth-order valence-corrected chi connectivity index (χ4v) is 3.25. The second-order valence-electron chi connectivity index (χ2n) is 6.71. The number of benzene rings is 1. The van der Waals surface area contributed by atoms with E-state index in [1.54, 1.807) is 12.1 Å². The van der Waals surface area contributed by atoms with Gasteiger partial charge in [0.1, 0.15) is 5.75 Å². The Labute approximate surface area is 149 Å². The van der Waals surface area contributed by atoms with Gasteiger partial charge in [0.05, 0.1) is 6.04 Å². The van der Waals surface area contributed by atoms with Gasteiger partial charge in [-0.1, -0.05) is 12.1 Å². The molecule has 0 bridgehead atoms. The Balaban J connectivity index is 1.72. The van der Waals surface area contributed by atoms with E-state index < -0.39 is 6.03 Å². The summed E-state index contributed by atoms with van der Waals surface area (Å²) in [6, 6.07) is 6.68. The molecule has 6 nitrogen and oxygen atoms in total. The Morgan fingerprint density at radius 3 is 2.48 bits per heavy atom. The number of piperidine rings is 1. The number of phenols is 1. The first-order valence-electron chi connectivity index (χ1n) is 9.10. The Bertz CT molecular complexity index is 566. The number of rotatable bonds is 6. The van der Waals surface area contributed by atoms with E-state index in [1.165, 1.54) is 5.56 Å². The van der Waals surface area contributed by atoms with Crippen LogP contribution in [0.2, 0.25) is 0 Å². The average Bonchev–Trinajstić information content (AvgIpc) is 2.61. The fourth-order valence-electron chi connectivity index (χ4n) is 3.25. The molecule has 25 heavy (non-hydrogen) atoms. The lowest BCUT2D eigenvalue weighted by Gasteiger charge is -2.35. The van der Waals surface area contributed by atoms with E-state index in [2.05, 4.69) is 15.5 Å². The highest BCUT2D eigenvalue weighted by atomic mass is 16.3. The van der Waals surface area contributed by atoms with Crippen molar-refractivity contribution in [3.05, 3.63) is 29.8 Å². The van der Waals surface area contributed by atoms with Crippen LogP contribution in [0.25, 0.3) is 0 Å². The van der Waals surface area contributed by atoms with Gasteiger partial charge in [-0.25, -0.2) is 4.79 Å². The van der Waals surface area contributed by atoms with Crippen molar-refractivity contribution in [1.29, 1.82) is 0 Å². The van der Waals surface area contributed by atoms with Crippen LogP contribution in [0.15, 0.2) is 24.3 Å². The number of aromatic hydroxyl groups is 1. The lowest BCUT2D eigenvalue weighted by molar-refractivity contribution is -0.125. The lowest BCUT2D eigenvalue weighted by atomic mass is 9.90. The Morgan fingerprint density at radius 1 is 1.24 bits per heavy atom. The third-order valence-corrected chi connectivity index (χ3v) is 4.93. The number of aryl methyl sites for hydroxylation is 1. The van der Waals surface area contributed by atoms with E-state index in [4.69, 9.17) is 0 Å². The molecule has 1 heterocycles. The van der Waals surface area contributed by atoms with Gasteiger partial charge in [-0.2, -0.15) is 0 Å². The van der Waals surface area contributed by atoms with E-state index >= 15 is 0 Å². The number of hydrogen-bond donors (Lipinski definition) is 3. The number of hydrogen-bond acceptors (Lipinski definition) is 4. The molecule has 3 N–H and O–H groups in total. The monoisotopic (exact) mass is 347 g/mol. The van der Waals surface area contributed by atoms with Gasteiger partial charge in [0.25, 0.3) is 0 Å². The molecule has 2 rings (SSSR count). The van der Waals surface area contributed by atoms with Gasteiger partial charge in [0.2, 0.25) is 5.91 Å². The smallest absolute Gasteiger partial charge is 0.321 e. The van der Waals surface area contributed by atoms with E-state index in [0.717, 1.165) is 38.8 Å². The van der Waals surface area contributed by atoms with Crippen LogP contribution in [-0.2, 0) is 11.2 Å². The molecule has 3 amide bonds. The predicted molar refractivity (Wildman–Crippen MR) is 97.4 cm³/mol. The summed E-state index contributed by atoms with van der Waals surface area (Å²) >= 11 is 0. The fraction of sp³-hybridized carbons (Fsp3) is 0.579.